The topological polar surface area (TPSA) is 62.4 Å². The molecule has 1 unspecified atom stereocenters. The lowest BCUT2D eigenvalue weighted by Crippen LogP contribution is -2.30. The van der Waals surface area contributed by atoms with Crippen molar-refractivity contribution in [2.24, 2.45) is 5.92 Å². The van der Waals surface area contributed by atoms with E-state index in [4.69, 9.17) is 16.1 Å². The molecule has 1 aliphatic rings. The van der Waals surface area contributed by atoms with Crippen LogP contribution in [0, 0.1) is 5.92 Å². The summed E-state index contributed by atoms with van der Waals surface area (Å²) in [5.74, 6) is 1.57. The van der Waals surface area contributed by atoms with Gasteiger partial charge in [-0.15, -0.1) is 0 Å². The molecule has 6 heteroatoms. The molecule has 0 bridgehead atoms. The Bertz CT molecular complexity index is 595. The van der Waals surface area contributed by atoms with Crippen molar-refractivity contribution < 1.29 is 9.63 Å². The molecule has 1 heterocycles. The van der Waals surface area contributed by atoms with Crippen molar-refractivity contribution in [2.45, 2.75) is 25.5 Å². The number of rotatable bonds is 6. The van der Waals surface area contributed by atoms with Gasteiger partial charge in [-0.3, -0.25) is 4.90 Å². The first kappa shape index (κ1) is 14.5. The van der Waals surface area contributed by atoms with E-state index in [1.165, 1.54) is 0 Å². The smallest absolute Gasteiger partial charge is 0.241 e. The van der Waals surface area contributed by atoms with Gasteiger partial charge in [-0.05, 0) is 50.1 Å². The molecule has 1 fully saturated rings. The average Bonchev–Trinajstić information content (AvgIpc) is 3.21. The fourth-order valence-corrected chi connectivity index (χ4v) is 2.41. The third-order valence-corrected chi connectivity index (χ3v) is 3.89. The first-order valence-electron chi connectivity index (χ1n) is 7.07. The minimum atomic E-state index is -0.256. The number of hydrogen-bond acceptors (Lipinski definition) is 5. The Morgan fingerprint density at radius 2 is 2.10 bits per heavy atom. The Labute approximate surface area is 128 Å². The average molecular weight is 308 g/mol. The van der Waals surface area contributed by atoms with E-state index in [2.05, 4.69) is 10.1 Å². The summed E-state index contributed by atoms with van der Waals surface area (Å²) in [4.78, 5) is 6.38. The van der Waals surface area contributed by atoms with Crippen molar-refractivity contribution >= 4 is 11.6 Å². The Morgan fingerprint density at radius 1 is 1.38 bits per heavy atom. The summed E-state index contributed by atoms with van der Waals surface area (Å²) in [6.45, 7) is 1.16. The first-order valence-corrected chi connectivity index (χ1v) is 7.45. The zero-order valence-corrected chi connectivity index (χ0v) is 12.6. The lowest BCUT2D eigenvalue weighted by atomic mass is 10.2. The van der Waals surface area contributed by atoms with Crippen LogP contribution in [0.25, 0.3) is 11.4 Å². The molecule has 1 N–H and O–H groups in total. The Kier molecular flexibility index (Phi) is 4.24. The Hall–Kier alpha value is -1.43. The van der Waals surface area contributed by atoms with Gasteiger partial charge in [0.05, 0.1) is 12.6 Å². The van der Waals surface area contributed by atoms with E-state index in [1.54, 1.807) is 12.1 Å². The van der Waals surface area contributed by atoms with Crippen LogP contribution in [0.15, 0.2) is 28.8 Å². The molecule has 5 nitrogen and oxygen atoms in total. The second-order valence-corrected chi connectivity index (χ2v) is 6.06. The highest BCUT2D eigenvalue weighted by atomic mass is 35.5. The molecule has 21 heavy (non-hydrogen) atoms. The van der Waals surface area contributed by atoms with E-state index in [9.17, 15) is 5.11 Å². The van der Waals surface area contributed by atoms with Crippen molar-refractivity contribution in [3.63, 3.8) is 0 Å². The molecule has 112 valence electrons. The molecule has 1 aliphatic carbocycles. The second-order valence-electron chi connectivity index (χ2n) is 5.62. The van der Waals surface area contributed by atoms with Crippen molar-refractivity contribution in [1.29, 1.82) is 0 Å². The SMILES string of the molecule is CN(Cc1nc(-c2ccc(Cl)cc2)no1)CC(O)C1CC1. The van der Waals surface area contributed by atoms with Crippen LogP contribution in [0.1, 0.15) is 18.7 Å². The molecule has 0 amide bonds. The lowest BCUT2D eigenvalue weighted by molar-refractivity contribution is 0.0992. The van der Waals surface area contributed by atoms with Gasteiger partial charge in [0.25, 0.3) is 0 Å². The number of aliphatic hydroxyl groups excluding tert-OH is 1. The van der Waals surface area contributed by atoms with E-state index in [0.717, 1.165) is 18.4 Å². The molecule has 1 aromatic heterocycles. The van der Waals surface area contributed by atoms with Crippen LogP contribution in [0.3, 0.4) is 0 Å². The molecule has 0 aliphatic heterocycles. The largest absolute Gasteiger partial charge is 0.392 e. The number of halogens is 1. The highest BCUT2D eigenvalue weighted by Gasteiger charge is 2.30. The molecule has 1 aromatic carbocycles. The van der Waals surface area contributed by atoms with Crippen molar-refractivity contribution in [2.75, 3.05) is 13.6 Å². The minimum Gasteiger partial charge on any atom is -0.392 e. The van der Waals surface area contributed by atoms with Gasteiger partial charge >= 0.3 is 0 Å². The maximum Gasteiger partial charge on any atom is 0.241 e. The predicted octanol–water partition coefficient (Wildman–Crippen LogP) is 2.59. The number of likely N-dealkylation sites (N-methyl/N-ethyl adjacent to an activating group) is 1. The van der Waals surface area contributed by atoms with E-state index in [1.807, 2.05) is 24.1 Å². The maximum atomic E-state index is 9.93. The van der Waals surface area contributed by atoms with Crippen LogP contribution < -0.4 is 0 Å². The highest BCUT2D eigenvalue weighted by Crippen LogP contribution is 2.32. The van der Waals surface area contributed by atoms with Gasteiger partial charge in [-0.25, -0.2) is 0 Å². The number of aliphatic hydroxyl groups is 1. The summed E-state index contributed by atoms with van der Waals surface area (Å²) in [5.41, 5.74) is 0.870. The van der Waals surface area contributed by atoms with E-state index >= 15 is 0 Å². The normalized spacial score (nSPS) is 16.4. The summed E-state index contributed by atoms with van der Waals surface area (Å²) in [7, 11) is 1.94. The van der Waals surface area contributed by atoms with Gasteiger partial charge in [0, 0.05) is 17.1 Å². The van der Waals surface area contributed by atoms with Crippen molar-refractivity contribution in [1.82, 2.24) is 15.0 Å². The molecule has 0 radical (unpaired) electrons. The molecular weight excluding hydrogens is 290 g/mol. The summed E-state index contributed by atoms with van der Waals surface area (Å²) in [6.07, 6.45) is 2.01. The summed E-state index contributed by atoms with van der Waals surface area (Å²) >= 11 is 5.86. The van der Waals surface area contributed by atoms with E-state index in [0.29, 0.717) is 35.7 Å². The standard InChI is InChI=1S/C15H18ClN3O2/c1-19(8-13(20)10-2-3-10)9-14-17-15(18-21-14)11-4-6-12(16)7-5-11/h4-7,10,13,20H,2-3,8-9H2,1H3. The third-order valence-electron chi connectivity index (χ3n) is 3.64. The van der Waals surface area contributed by atoms with Crippen LogP contribution in [0.5, 0.6) is 0 Å². The van der Waals surface area contributed by atoms with Crippen LogP contribution in [-0.2, 0) is 6.54 Å². The first-order chi connectivity index (χ1) is 10.1. The Balaban J connectivity index is 1.60. The van der Waals surface area contributed by atoms with Crippen LogP contribution in [-0.4, -0.2) is 39.8 Å². The van der Waals surface area contributed by atoms with Crippen molar-refractivity contribution in [3.8, 4) is 11.4 Å². The molecular formula is C15H18ClN3O2. The lowest BCUT2D eigenvalue weighted by Gasteiger charge is -2.18. The quantitative estimate of drug-likeness (QED) is 0.889. The van der Waals surface area contributed by atoms with Crippen LogP contribution in [0.4, 0.5) is 0 Å². The zero-order valence-electron chi connectivity index (χ0n) is 11.9. The summed E-state index contributed by atoms with van der Waals surface area (Å²) in [5, 5.41) is 14.6. The third kappa shape index (κ3) is 3.81. The monoisotopic (exact) mass is 307 g/mol. The van der Waals surface area contributed by atoms with Gasteiger partial charge in [0.2, 0.25) is 11.7 Å². The predicted molar refractivity (Wildman–Crippen MR) is 79.8 cm³/mol. The number of aromatic nitrogens is 2. The van der Waals surface area contributed by atoms with Gasteiger partial charge in [-0.1, -0.05) is 16.8 Å². The van der Waals surface area contributed by atoms with Crippen LogP contribution in [0.2, 0.25) is 5.02 Å². The minimum absolute atomic E-state index is 0.256. The second kappa shape index (κ2) is 6.13. The molecule has 0 spiro atoms. The number of hydrogen-bond donors (Lipinski definition) is 1. The zero-order chi connectivity index (χ0) is 14.8. The van der Waals surface area contributed by atoms with Gasteiger partial charge in [-0.2, -0.15) is 4.98 Å². The van der Waals surface area contributed by atoms with Gasteiger partial charge < -0.3 is 9.63 Å². The molecule has 1 saturated carbocycles. The van der Waals surface area contributed by atoms with Gasteiger partial charge in [0.1, 0.15) is 0 Å². The van der Waals surface area contributed by atoms with Gasteiger partial charge in [0.15, 0.2) is 0 Å². The molecule has 3 rings (SSSR count). The van der Waals surface area contributed by atoms with Crippen molar-refractivity contribution in [3.05, 3.63) is 35.2 Å². The fourth-order valence-electron chi connectivity index (χ4n) is 2.28. The number of nitrogens with zero attached hydrogens (tertiary/aromatic N) is 3. The fraction of sp³-hybridized carbons (Fsp3) is 0.467. The highest BCUT2D eigenvalue weighted by molar-refractivity contribution is 6.30. The number of benzene rings is 1. The molecule has 1 atom stereocenters. The summed E-state index contributed by atoms with van der Waals surface area (Å²) in [6, 6.07) is 7.31. The summed E-state index contributed by atoms with van der Waals surface area (Å²) < 4.78 is 5.26. The van der Waals surface area contributed by atoms with E-state index in [-0.39, 0.29) is 6.10 Å². The maximum absolute atomic E-state index is 9.93. The Morgan fingerprint density at radius 3 is 2.76 bits per heavy atom. The molecule has 2 aromatic rings. The van der Waals surface area contributed by atoms with E-state index < -0.39 is 0 Å². The molecule has 0 saturated heterocycles. The van der Waals surface area contributed by atoms with Crippen LogP contribution >= 0.6 is 11.6 Å².